The van der Waals surface area contributed by atoms with E-state index in [1.165, 1.54) is 10.9 Å². The molecule has 19 heavy (non-hydrogen) atoms. The molecule has 1 aromatic heterocycles. The average Bonchev–Trinajstić information content (AvgIpc) is 2.78. The van der Waals surface area contributed by atoms with Crippen LogP contribution in [0.3, 0.4) is 0 Å². The number of halogens is 2. The Kier molecular flexibility index (Phi) is 5.01. The van der Waals surface area contributed by atoms with Crippen LogP contribution in [-0.4, -0.2) is 17.6 Å². The maximum absolute atomic E-state index is 11.9. The number of hydrogen-bond acceptors (Lipinski definition) is 3. The highest BCUT2D eigenvalue weighted by atomic mass is 79.9. The number of nitrogens with one attached hydrogen (secondary N) is 1. The third kappa shape index (κ3) is 4.06. The second-order valence-corrected chi connectivity index (χ2v) is 7.28. The first-order valence-electron chi connectivity index (χ1n) is 5.57. The number of aromatic hydroxyl groups is 1. The number of hydrogen-bond donors (Lipinski definition) is 2. The molecule has 0 atom stereocenters. The highest BCUT2D eigenvalue weighted by Gasteiger charge is 2.08. The molecule has 0 spiro atoms. The standard InChI is InChI=1S/C13H11Br2NO2S/c14-10-3-1-8(7-11(10)17)13(18)16-6-5-9-2-4-12(15)19-9/h1-4,7,17H,5-6H2,(H,16,18). The van der Waals surface area contributed by atoms with Crippen molar-refractivity contribution in [3.05, 3.63) is 49.0 Å². The first-order valence-corrected chi connectivity index (χ1v) is 7.97. The fourth-order valence-corrected chi connectivity index (χ4v) is 3.27. The van der Waals surface area contributed by atoms with Crippen LogP contribution in [0.4, 0.5) is 0 Å². The molecule has 2 N–H and O–H groups in total. The van der Waals surface area contributed by atoms with Crippen LogP contribution in [0.1, 0.15) is 15.2 Å². The van der Waals surface area contributed by atoms with Gasteiger partial charge in [-0.2, -0.15) is 0 Å². The van der Waals surface area contributed by atoms with Gasteiger partial charge in [-0.15, -0.1) is 11.3 Å². The van der Waals surface area contributed by atoms with E-state index in [4.69, 9.17) is 0 Å². The Morgan fingerprint density at radius 1 is 1.26 bits per heavy atom. The van der Waals surface area contributed by atoms with Gasteiger partial charge < -0.3 is 10.4 Å². The van der Waals surface area contributed by atoms with Crippen molar-refractivity contribution in [3.63, 3.8) is 0 Å². The van der Waals surface area contributed by atoms with E-state index in [2.05, 4.69) is 37.2 Å². The van der Waals surface area contributed by atoms with Crippen molar-refractivity contribution in [3.8, 4) is 5.75 Å². The Balaban J connectivity index is 1.89. The van der Waals surface area contributed by atoms with Gasteiger partial charge in [0.1, 0.15) is 5.75 Å². The van der Waals surface area contributed by atoms with E-state index in [-0.39, 0.29) is 11.7 Å². The van der Waals surface area contributed by atoms with Gasteiger partial charge in [0, 0.05) is 17.0 Å². The first-order chi connectivity index (χ1) is 9.06. The molecular formula is C13H11Br2NO2S. The maximum atomic E-state index is 11.9. The minimum absolute atomic E-state index is 0.0647. The molecule has 0 aliphatic rings. The molecule has 1 aromatic carbocycles. The summed E-state index contributed by atoms with van der Waals surface area (Å²) in [6.45, 7) is 0.572. The fourth-order valence-electron chi connectivity index (χ4n) is 1.54. The number of benzene rings is 1. The summed E-state index contributed by atoms with van der Waals surface area (Å²) in [5, 5.41) is 12.4. The lowest BCUT2D eigenvalue weighted by Gasteiger charge is -2.05. The number of thiophene rings is 1. The van der Waals surface area contributed by atoms with Gasteiger partial charge in [0.25, 0.3) is 5.91 Å². The molecule has 2 aromatic rings. The predicted molar refractivity (Wildman–Crippen MR) is 83.9 cm³/mol. The van der Waals surface area contributed by atoms with Crippen molar-refractivity contribution >= 4 is 49.1 Å². The van der Waals surface area contributed by atoms with Gasteiger partial charge in [-0.05, 0) is 68.6 Å². The maximum Gasteiger partial charge on any atom is 0.251 e. The quantitative estimate of drug-likeness (QED) is 0.810. The van der Waals surface area contributed by atoms with Crippen molar-refractivity contribution in [2.75, 3.05) is 6.54 Å². The molecule has 6 heteroatoms. The SMILES string of the molecule is O=C(NCCc1ccc(Br)s1)c1ccc(Br)c(O)c1. The Morgan fingerprint density at radius 2 is 2.05 bits per heavy atom. The van der Waals surface area contributed by atoms with Crippen molar-refractivity contribution in [1.29, 1.82) is 0 Å². The van der Waals surface area contributed by atoms with Crippen LogP contribution < -0.4 is 5.32 Å². The number of amides is 1. The summed E-state index contributed by atoms with van der Waals surface area (Å²) < 4.78 is 1.67. The Hall–Kier alpha value is -0.850. The monoisotopic (exact) mass is 403 g/mol. The molecule has 0 unspecified atom stereocenters. The number of phenolic OH excluding ortho intramolecular Hbond substituents is 1. The van der Waals surface area contributed by atoms with Crippen LogP contribution in [0.2, 0.25) is 0 Å². The van der Waals surface area contributed by atoms with Gasteiger partial charge in [-0.25, -0.2) is 0 Å². The minimum Gasteiger partial charge on any atom is -0.507 e. The lowest BCUT2D eigenvalue weighted by molar-refractivity contribution is 0.0954. The van der Waals surface area contributed by atoms with Gasteiger partial charge in [-0.3, -0.25) is 4.79 Å². The highest BCUT2D eigenvalue weighted by Crippen LogP contribution is 2.24. The van der Waals surface area contributed by atoms with E-state index >= 15 is 0 Å². The van der Waals surface area contributed by atoms with E-state index in [9.17, 15) is 9.90 Å². The first kappa shape index (κ1) is 14.6. The summed E-state index contributed by atoms with van der Waals surface area (Å²) in [5.74, 6) is -0.117. The Labute approximate surface area is 131 Å². The molecule has 2 rings (SSSR count). The smallest absolute Gasteiger partial charge is 0.251 e. The molecule has 1 amide bonds. The molecule has 1 heterocycles. The predicted octanol–water partition coefficient (Wildman–Crippen LogP) is 3.95. The molecule has 0 bridgehead atoms. The zero-order valence-electron chi connectivity index (χ0n) is 9.82. The number of carbonyl (C=O) groups excluding carboxylic acids is 1. The topological polar surface area (TPSA) is 49.3 Å². The van der Waals surface area contributed by atoms with Crippen LogP contribution in [-0.2, 0) is 6.42 Å². The molecule has 0 aliphatic heterocycles. The summed E-state index contributed by atoms with van der Waals surface area (Å²) in [6, 6.07) is 8.80. The Bertz CT molecular complexity index is 598. The van der Waals surface area contributed by atoms with E-state index in [0.29, 0.717) is 16.6 Å². The van der Waals surface area contributed by atoms with Crippen LogP contribution in [0.5, 0.6) is 5.75 Å². The molecule has 0 saturated heterocycles. The van der Waals surface area contributed by atoms with Crippen molar-refractivity contribution in [2.45, 2.75) is 6.42 Å². The van der Waals surface area contributed by atoms with Crippen LogP contribution in [0.25, 0.3) is 0 Å². The lowest BCUT2D eigenvalue weighted by atomic mass is 10.2. The summed E-state index contributed by atoms with van der Waals surface area (Å²) >= 11 is 8.24. The summed E-state index contributed by atoms with van der Waals surface area (Å²) in [5.41, 5.74) is 0.452. The molecule has 3 nitrogen and oxygen atoms in total. The number of phenols is 1. The molecule has 0 aliphatic carbocycles. The molecule has 0 radical (unpaired) electrons. The lowest BCUT2D eigenvalue weighted by Crippen LogP contribution is -2.25. The summed E-state index contributed by atoms with van der Waals surface area (Å²) in [4.78, 5) is 13.1. The largest absolute Gasteiger partial charge is 0.507 e. The average molecular weight is 405 g/mol. The third-order valence-electron chi connectivity index (χ3n) is 2.49. The molecule has 0 fully saturated rings. The molecule has 0 saturated carbocycles. The Morgan fingerprint density at radius 3 is 2.68 bits per heavy atom. The molecule has 100 valence electrons. The van der Waals surface area contributed by atoms with Crippen molar-refractivity contribution in [2.24, 2.45) is 0 Å². The zero-order valence-corrected chi connectivity index (χ0v) is 13.8. The van der Waals surface area contributed by atoms with E-state index in [1.54, 1.807) is 23.5 Å². The third-order valence-corrected chi connectivity index (χ3v) is 4.85. The van der Waals surface area contributed by atoms with Gasteiger partial charge in [0.2, 0.25) is 0 Å². The normalized spacial score (nSPS) is 10.4. The summed E-state index contributed by atoms with van der Waals surface area (Å²) in [7, 11) is 0. The van der Waals surface area contributed by atoms with E-state index in [1.807, 2.05) is 12.1 Å². The van der Waals surface area contributed by atoms with Gasteiger partial charge >= 0.3 is 0 Å². The number of carbonyl (C=O) groups is 1. The number of rotatable bonds is 4. The zero-order chi connectivity index (χ0) is 13.8. The van der Waals surface area contributed by atoms with Crippen LogP contribution in [0.15, 0.2) is 38.6 Å². The van der Waals surface area contributed by atoms with Crippen molar-refractivity contribution < 1.29 is 9.90 Å². The summed E-state index contributed by atoms with van der Waals surface area (Å²) in [6.07, 6.45) is 0.796. The van der Waals surface area contributed by atoms with Crippen LogP contribution in [0, 0.1) is 0 Å². The second-order valence-electron chi connectivity index (χ2n) is 3.88. The van der Waals surface area contributed by atoms with E-state index < -0.39 is 0 Å². The fraction of sp³-hybridized carbons (Fsp3) is 0.154. The minimum atomic E-state index is -0.182. The van der Waals surface area contributed by atoms with E-state index in [0.717, 1.165) is 10.2 Å². The van der Waals surface area contributed by atoms with Crippen LogP contribution >= 0.6 is 43.2 Å². The molecular weight excluding hydrogens is 394 g/mol. The van der Waals surface area contributed by atoms with Gasteiger partial charge in [-0.1, -0.05) is 0 Å². The van der Waals surface area contributed by atoms with Gasteiger partial charge in [0.05, 0.1) is 8.26 Å². The van der Waals surface area contributed by atoms with Gasteiger partial charge in [0.15, 0.2) is 0 Å². The van der Waals surface area contributed by atoms with Crippen molar-refractivity contribution in [1.82, 2.24) is 5.32 Å². The second kappa shape index (κ2) is 6.54. The highest BCUT2D eigenvalue weighted by molar-refractivity contribution is 9.11.